The van der Waals surface area contributed by atoms with Crippen molar-refractivity contribution in [1.29, 1.82) is 0 Å². The van der Waals surface area contributed by atoms with E-state index in [2.05, 4.69) is 15.9 Å². The Bertz CT molecular complexity index is 533. The number of anilines is 2. The summed E-state index contributed by atoms with van der Waals surface area (Å²) in [4.78, 5) is 5.49. The van der Waals surface area contributed by atoms with E-state index in [1.807, 2.05) is 48.5 Å². The van der Waals surface area contributed by atoms with Gasteiger partial charge in [-0.3, -0.25) is 4.84 Å². The van der Waals surface area contributed by atoms with Crippen molar-refractivity contribution in [1.82, 2.24) is 0 Å². The molecule has 0 saturated heterocycles. The van der Waals surface area contributed by atoms with Gasteiger partial charge in [0.15, 0.2) is 0 Å². The number of hydrazine groups is 1. The van der Waals surface area contributed by atoms with Crippen LogP contribution in [-0.2, 0) is 16.8 Å². The van der Waals surface area contributed by atoms with E-state index in [9.17, 15) is 0 Å². The molecule has 0 aliphatic carbocycles. The average molecular weight is 322 g/mol. The lowest BCUT2D eigenvalue weighted by molar-refractivity contribution is 0.0951. The van der Waals surface area contributed by atoms with Gasteiger partial charge in [0.05, 0.1) is 5.69 Å². The van der Waals surface area contributed by atoms with Crippen molar-refractivity contribution >= 4 is 27.3 Å². The van der Waals surface area contributed by atoms with E-state index in [0.29, 0.717) is 18.0 Å². The topological polar surface area (TPSA) is 64.5 Å². The van der Waals surface area contributed by atoms with E-state index >= 15 is 0 Å². The molecule has 0 bridgehead atoms. The lowest BCUT2D eigenvalue weighted by atomic mass is 10.2. The summed E-state index contributed by atoms with van der Waals surface area (Å²) in [6, 6.07) is 15.5. The monoisotopic (exact) mass is 321 g/mol. The number of halogens is 1. The Labute approximate surface area is 121 Å². The van der Waals surface area contributed by atoms with Gasteiger partial charge in [0.2, 0.25) is 0 Å². The maximum atomic E-state index is 5.94. The lowest BCUT2D eigenvalue weighted by Gasteiger charge is -2.20. The molecule has 0 unspecified atom stereocenters. The van der Waals surface area contributed by atoms with E-state index in [1.54, 1.807) is 0 Å². The molecule has 0 fully saturated rings. The molecule has 0 heterocycles. The van der Waals surface area contributed by atoms with Gasteiger partial charge < -0.3 is 5.73 Å². The van der Waals surface area contributed by atoms with E-state index < -0.39 is 0 Å². The van der Waals surface area contributed by atoms with E-state index in [-0.39, 0.29) is 0 Å². The van der Waals surface area contributed by atoms with Gasteiger partial charge in [-0.05, 0) is 23.3 Å². The molecule has 2 aromatic carbocycles. The number of benzene rings is 2. The fourth-order valence-corrected chi connectivity index (χ4v) is 2.02. The third kappa shape index (κ3) is 3.70. The van der Waals surface area contributed by atoms with Crippen molar-refractivity contribution in [3.8, 4) is 0 Å². The van der Waals surface area contributed by atoms with Crippen LogP contribution in [0.2, 0.25) is 0 Å². The van der Waals surface area contributed by atoms with Gasteiger partial charge in [0, 0.05) is 5.33 Å². The molecule has 4 N–H and O–H groups in total. The largest absolute Gasteiger partial charge is 0.397 e. The van der Waals surface area contributed by atoms with Crippen LogP contribution in [0.15, 0.2) is 48.5 Å². The molecule has 0 atom stereocenters. The lowest BCUT2D eigenvalue weighted by Crippen LogP contribution is -2.31. The molecule has 0 saturated carbocycles. The van der Waals surface area contributed by atoms with Crippen LogP contribution in [0.3, 0.4) is 0 Å². The standard InChI is InChI=1S/C14H16BrN3O/c15-9-12-6-7-14(13(16)8-12)18(17)19-10-11-4-2-1-3-5-11/h1-8H,9-10,16-17H2. The highest BCUT2D eigenvalue weighted by Gasteiger charge is 2.07. The number of hydrogen-bond donors (Lipinski definition) is 2. The zero-order valence-electron chi connectivity index (χ0n) is 10.4. The van der Waals surface area contributed by atoms with Gasteiger partial charge in [-0.15, -0.1) is 0 Å². The Balaban J connectivity index is 2.02. The molecule has 5 heteroatoms. The summed E-state index contributed by atoms with van der Waals surface area (Å²) >= 11 is 3.38. The van der Waals surface area contributed by atoms with Gasteiger partial charge in [0.1, 0.15) is 12.3 Å². The van der Waals surface area contributed by atoms with Gasteiger partial charge in [-0.1, -0.05) is 52.3 Å². The SMILES string of the molecule is Nc1cc(CBr)ccc1N(N)OCc1ccccc1. The molecule has 2 aromatic rings. The molecular weight excluding hydrogens is 306 g/mol. The predicted molar refractivity (Wildman–Crippen MR) is 81.4 cm³/mol. The second kappa shape index (κ2) is 6.56. The summed E-state index contributed by atoms with van der Waals surface area (Å²) in [5.41, 5.74) is 9.33. The van der Waals surface area contributed by atoms with Gasteiger partial charge in [0.25, 0.3) is 0 Å². The van der Waals surface area contributed by atoms with Crippen LogP contribution < -0.4 is 16.7 Å². The Kier molecular flexibility index (Phi) is 4.79. The predicted octanol–water partition coefficient (Wildman–Crippen LogP) is 2.98. The third-order valence-electron chi connectivity index (χ3n) is 2.70. The summed E-state index contributed by atoms with van der Waals surface area (Å²) in [6.45, 7) is 0.400. The highest BCUT2D eigenvalue weighted by atomic mass is 79.9. The highest BCUT2D eigenvalue weighted by Crippen LogP contribution is 2.24. The van der Waals surface area contributed by atoms with Crippen LogP contribution >= 0.6 is 15.9 Å². The molecular formula is C14H16BrN3O. The number of nitrogens with two attached hydrogens (primary N) is 2. The normalized spacial score (nSPS) is 10.4. The summed E-state index contributed by atoms with van der Waals surface area (Å²) < 4.78 is 0. The second-order valence-corrected chi connectivity index (χ2v) is 4.67. The smallest absolute Gasteiger partial charge is 0.105 e. The molecule has 19 heavy (non-hydrogen) atoms. The maximum Gasteiger partial charge on any atom is 0.105 e. The zero-order valence-corrected chi connectivity index (χ0v) is 12.0. The van der Waals surface area contributed by atoms with Crippen molar-refractivity contribution in [2.75, 3.05) is 10.9 Å². The van der Waals surface area contributed by atoms with Crippen molar-refractivity contribution < 1.29 is 4.84 Å². The summed E-state index contributed by atoms with van der Waals surface area (Å²) in [5, 5.41) is 1.97. The average Bonchev–Trinajstić information content (AvgIpc) is 2.45. The summed E-state index contributed by atoms with van der Waals surface area (Å²) in [5.74, 6) is 5.85. The first kappa shape index (κ1) is 13.9. The first-order valence-electron chi connectivity index (χ1n) is 5.86. The van der Waals surface area contributed by atoms with E-state index in [1.165, 1.54) is 5.17 Å². The van der Waals surface area contributed by atoms with Gasteiger partial charge in [-0.25, -0.2) is 5.84 Å². The van der Waals surface area contributed by atoms with Crippen LogP contribution in [0.25, 0.3) is 0 Å². The van der Waals surface area contributed by atoms with Crippen LogP contribution in [0.5, 0.6) is 0 Å². The van der Waals surface area contributed by atoms with Crippen molar-refractivity contribution in [2.45, 2.75) is 11.9 Å². The minimum atomic E-state index is 0.400. The highest BCUT2D eigenvalue weighted by molar-refractivity contribution is 9.08. The molecule has 0 amide bonds. The molecule has 4 nitrogen and oxygen atoms in total. The molecule has 0 aliphatic rings. The molecule has 0 spiro atoms. The van der Waals surface area contributed by atoms with Crippen molar-refractivity contribution in [2.24, 2.45) is 5.84 Å². The number of rotatable bonds is 5. The molecule has 2 rings (SSSR count). The minimum absolute atomic E-state index is 0.400. The fraction of sp³-hybridized carbons (Fsp3) is 0.143. The minimum Gasteiger partial charge on any atom is -0.397 e. The first-order chi connectivity index (χ1) is 9.20. The van der Waals surface area contributed by atoms with Crippen LogP contribution in [0, 0.1) is 0 Å². The molecule has 0 radical (unpaired) electrons. The van der Waals surface area contributed by atoms with Crippen LogP contribution in [0.1, 0.15) is 11.1 Å². The summed E-state index contributed by atoms with van der Waals surface area (Å²) in [6.07, 6.45) is 0. The number of alkyl halides is 1. The quantitative estimate of drug-likeness (QED) is 0.384. The number of hydrogen-bond acceptors (Lipinski definition) is 4. The molecule has 100 valence electrons. The maximum absolute atomic E-state index is 5.94. The first-order valence-corrected chi connectivity index (χ1v) is 6.99. The van der Waals surface area contributed by atoms with Crippen molar-refractivity contribution in [3.05, 3.63) is 59.7 Å². The molecule has 0 aromatic heterocycles. The van der Waals surface area contributed by atoms with E-state index in [4.69, 9.17) is 16.4 Å². The Morgan fingerprint density at radius 1 is 1.05 bits per heavy atom. The Morgan fingerprint density at radius 3 is 2.42 bits per heavy atom. The number of nitrogens with zero attached hydrogens (tertiary/aromatic N) is 1. The Morgan fingerprint density at radius 2 is 1.79 bits per heavy atom. The third-order valence-corrected chi connectivity index (χ3v) is 3.34. The van der Waals surface area contributed by atoms with Gasteiger partial charge in [-0.2, -0.15) is 5.17 Å². The fourth-order valence-electron chi connectivity index (χ4n) is 1.68. The van der Waals surface area contributed by atoms with E-state index in [0.717, 1.165) is 16.5 Å². The second-order valence-electron chi connectivity index (χ2n) is 4.11. The molecule has 0 aliphatic heterocycles. The summed E-state index contributed by atoms with van der Waals surface area (Å²) in [7, 11) is 0. The van der Waals surface area contributed by atoms with Crippen molar-refractivity contribution in [3.63, 3.8) is 0 Å². The Hall–Kier alpha value is -1.56. The number of nitrogen functional groups attached to an aromatic ring is 1. The van der Waals surface area contributed by atoms with Gasteiger partial charge >= 0.3 is 0 Å². The van der Waals surface area contributed by atoms with Crippen LogP contribution in [-0.4, -0.2) is 0 Å². The zero-order chi connectivity index (χ0) is 13.7. The van der Waals surface area contributed by atoms with Crippen LogP contribution in [0.4, 0.5) is 11.4 Å².